The summed E-state index contributed by atoms with van der Waals surface area (Å²) in [5.74, 6) is 0. The minimum Gasteiger partial charge on any atom is -0.257 e. The van der Waals surface area contributed by atoms with E-state index >= 15 is 0 Å². The lowest BCUT2D eigenvalue weighted by Crippen LogP contribution is -2.25. The van der Waals surface area contributed by atoms with Gasteiger partial charge in [-0.1, -0.05) is 51.1 Å². The van der Waals surface area contributed by atoms with Crippen molar-refractivity contribution in [1.82, 2.24) is 4.44 Å². The van der Waals surface area contributed by atoms with Gasteiger partial charge in [0.05, 0.1) is 0 Å². The van der Waals surface area contributed by atoms with Crippen molar-refractivity contribution in [2.24, 2.45) is 0 Å². The van der Waals surface area contributed by atoms with Crippen LogP contribution in [0.1, 0.15) is 58.7 Å². The van der Waals surface area contributed by atoms with Crippen molar-refractivity contribution in [1.29, 1.82) is 0 Å². The Kier molecular flexibility index (Phi) is 6.67. The minimum absolute atomic E-state index is 0.0378. The summed E-state index contributed by atoms with van der Waals surface area (Å²) in [5, 5.41) is 0. The monoisotopic (exact) mass is 323 g/mol. The highest BCUT2D eigenvalue weighted by molar-refractivity contribution is 7.71. The van der Waals surface area contributed by atoms with E-state index in [0.717, 1.165) is 11.3 Å². The van der Waals surface area contributed by atoms with Crippen LogP contribution < -0.4 is 0 Å². The van der Waals surface area contributed by atoms with Crippen molar-refractivity contribution in [2.75, 3.05) is 12.3 Å². The van der Waals surface area contributed by atoms with Gasteiger partial charge in [0.15, 0.2) is 0 Å². The van der Waals surface area contributed by atoms with Crippen LogP contribution in [-0.2, 0) is 0 Å². The molecule has 21 heavy (non-hydrogen) atoms. The van der Waals surface area contributed by atoms with E-state index in [9.17, 15) is 0 Å². The van der Waals surface area contributed by atoms with E-state index in [-0.39, 0.29) is 16.1 Å². The summed E-state index contributed by atoms with van der Waals surface area (Å²) < 4.78 is 2.97. The molecule has 1 aliphatic heterocycles. The highest BCUT2D eigenvalue weighted by atomic mass is 31.2. The molecule has 1 aliphatic rings. The standard InChI is InChI=1S/C18H31NP2/c1-6-20(7-2)19(15(3)4)21-16(5)13-14-18(21)17-11-9-8-10-12-17/h8-12,15-16,18H,6-7,13-14H2,1-5H3/t16-,18+,21?/m1/s1. The maximum absolute atomic E-state index is 2.97. The van der Waals surface area contributed by atoms with Gasteiger partial charge >= 0.3 is 0 Å². The lowest BCUT2D eigenvalue weighted by atomic mass is 10.1. The highest BCUT2D eigenvalue weighted by Gasteiger charge is 2.41. The van der Waals surface area contributed by atoms with E-state index in [1.165, 1.54) is 25.2 Å². The van der Waals surface area contributed by atoms with E-state index in [2.05, 4.69) is 69.4 Å². The molecule has 0 spiro atoms. The second-order valence-corrected chi connectivity index (χ2v) is 12.0. The summed E-state index contributed by atoms with van der Waals surface area (Å²) in [7, 11) is 0.0106. The zero-order valence-electron chi connectivity index (χ0n) is 14.3. The molecular formula is C18H31NP2. The van der Waals surface area contributed by atoms with E-state index in [1.54, 1.807) is 5.56 Å². The van der Waals surface area contributed by atoms with Crippen LogP contribution in [0.4, 0.5) is 0 Å². The first-order valence-electron chi connectivity index (χ1n) is 8.47. The van der Waals surface area contributed by atoms with Gasteiger partial charge in [-0.15, -0.1) is 0 Å². The van der Waals surface area contributed by atoms with Crippen LogP contribution in [0.25, 0.3) is 0 Å². The van der Waals surface area contributed by atoms with Gasteiger partial charge in [-0.05, 0) is 66.4 Å². The quantitative estimate of drug-likeness (QED) is 0.543. The number of hydrogen-bond acceptors (Lipinski definition) is 1. The van der Waals surface area contributed by atoms with Gasteiger partial charge in [0.2, 0.25) is 0 Å². The third kappa shape index (κ3) is 3.87. The maximum atomic E-state index is 2.97. The van der Waals surface area contributed by atoms with Crippen LogP contribution in [0.3, 0.4) is 0 Å². The largest absolute Gasteiger partial charge is 0.257 e. The number of benzene rings is 1. The summed E-state index contributed by atoms with van der Waals surface area (Å²) in [6.07, 6.45) is 5.48. The molecule has 0 aromatic heterocycles. The third-order valence-corrected chi connectivity index (χ3v) is 11.7. The van der Waals surface area contributed by atoms with Gasteiger partial charge in [0, 0.05) is 11.7 Å². The van der Waals surface area contributed by atoms with Crippen molar-refractivity contribution < 1.29 is 0 Å². The molecule has 0 saturated carbocycles. The number of rotatable bonds is 6. The Morgan fingerprint density at radius 2 is 1.76 bits per heavy atom. The Bertz CT molecular complexity index is 416. The zero-order chi connectivity index (χ0) is 15.4. The molecule has 3 atom stereocenters. The molecule has 1 aromatic rings. The predicted molar refractivity (Wildman–Crippen MR) is 99.8 cm³/mol. The Morgan fingerprint density at radius 1 is 1.14 bits per heavy atom. The normalized spacial score (nSPS) is 26.2. The molecule has 1 aromatic carbocycles. The minimum atomic E-state index is -0.0378. The van der Waals surface area contributed by atoms with Gasteiger partial charge in [-0.3, -0.25) is 4.44 Å². The van der Waals surface area contributed by atoms with Crippen molar-refractivity contribution in [3.63, 3.8) is 0 Å². The molecule has 1 heterocycles. The number of nitrogens with zero attached hydrogens (tertiary/aromatic N) is 1. The van der Waals surface area contributed by atoms with E-state index in [0.29, 0.717) is 6.04 Å². The fourth-order valence-electron chi connectivity index (χ4n) is 3.56. The maximum Gasteiger partial charge on any atom is 0.0180 e. The molecule has 1 nitrogen and oxygen atoms in total. The lowest BCUT2D eigenvalue weighted by molar-refractivity contribution is 0.562. The average molecular weight is 323 g/mol. The first-order valence-corrected chi connectivity index (χ1v) is 11.6. The van der Waals surface area contributed by atoms with Gasteiger partial charge in [-0.2, -0.15) is 0 Å². The Hall–Kier alpha value is 0.0400. The molecular weight excluding hydrogens is 292 g/mol. The van der Waals surface area contributed by atoms with Gasteiger partial charge in [-0.25, -0.2) is 0 Å². The molecule has 1 fully saturated rings. The summed E-state index contributed by atoms with van der Waals surface area (Å²) in [6.45, 7) is 12.1. The van der Waals surface area contributed by atoms with Crippen LogP contribution in [0, 0.1) is 0 Å². The number of hydrogen-bond donors (Lipinski definition) is 0. The smallest absolute Gasteiger partial charge is 0.0180 e. The molecule has 0 N–H and O–H groups in total. The average Bonchev–Trinajstić information content (AvgIpc) is 2.86. The first kappa shape index (κ1) is 17.4. The molecule has 2 rings (SSSR count). The molecule has 0 bridgehead atoms. The van der Waals surface area contributed by atoms with Gasteiger partial charge in [0.25, 0.3) is 0 Å². The van der Waals surface area contributed by atoms with Gasteiger partial charge in [0.1, 0.15) is 0 Å². The summed E-state index contributed by atoms with van der Waals surface area (Å²) >= 11 is 0. The van der Waals surface area contributed by atoms with E-state index < -0.39 is 0 Å². The van der Waals surface area contributed by atoms with Crippen molar-refractivity contribution in [3.05, 3.63) is 35.9 Å². The van der Waals surface area contributed by atoms with Gasteiger partial charge < -0.3 is 0 Å². The summed E-state index contributed by atoms with van der Waals surface area (Å²) in [6, 6.07) is 12.0. The topological polar surface area (TPSA) is 3.24 Å². The van der Waals surface area contributed by atoms with Crippen LogP contribution in [0.15, 0.2) is 30.3 Å². The van der Waals surface area contributed by atoms with Crippen LogP contribution in [-0.4, -0.2) is 28.5 Å². The molecule has 0 amide bonds. The zero-order valence-corrected chi connectivity index (χ0v) is 16.1. The van der Waals surface area contributed by atoms with Crippen molar-refractivity contribution in [3.8, 4) is 0 Å². The van der Waals surface area contributed by atoms with Crippen LogP contribution >= 0.6 is 16.1 Å². The predicted octanol–water partition coefficient (Wildman–Crippen LogP) is 6.45. The van der Waals surface area contributed by atoms with Crippen LogP contribution in [0.2, 0.25) is 0 Å². The van der Waals surface area contributed by atoms with E-state index in [4.69, 9.17) is 0 Å². The first-order chi connectivity index (χ1) is 10.1. The fraction of sp³-hybridized carbons (Fsp3) is 0.667. The molecule has 0 aliphatic carbocycles. The lowest BCUT2D eigenvalue weighted by Gasteiger charge is -2.43. The fourth-order valence-corrected chi connectivity index (χ4v) is 11.2. The summed E-state index contributed by atoms with van der Waals surface area (Å²) in [5.41, 5.74) is 3.26. The molecule has 1 unspecified atom stereocenters. The van der Waals surface area contributed by atoms with Crippen LogP contribution in [0.5, 0.6) is 0 Å². The molecule has 3 heteroatoms. The van der Waals surface area contributed by atoms with Crippen molar-refractivity contribution in [2.45, 2.75) is 64.8 Å². The second-order valence-electron chi connectivity index (χ2n) is 6.29. The van der Waals surface area contributed by atoms with Crippen molar-refractivity contribution >= 4 is 16.1 Å². The third-order valence-electron chi connectivity index (χ3n) is 4.53. The SMILES string of the molecule is CCP(CC)N(C(C)C)P1[C@H](C)CC[C@H]1c1ccccc1. The Morgan fingerprint density at radius 3 is 2.29 bits per heavy atom. The Balaban J connectivity index is 2.31. The molecule has 118 valence electrons. The second kappa shape index (κ2) is 8.05. The van der Waals surface area contributed by atoms with E-state index in [1.807, 2.05) is 0 Å². The highest BCUT2D eigenvalue weighted by Crippen LogP contribution is 2.72. The molecule has 0 radical (unpaired) electrons. The molecule has 1 saturated heterocycles. The summed E-state index contributed by atoms with van der Waals surface area (Å²) in [4.78, 5) is 0. The Labute approximate surface area is 134 Å².